The highest BCUT2D eigenvalue weighted by atomic mass is 14.5. The maximum absolute atomic E-state index is 2.54. The van der Waals surface area contributed by atoms with Crippen molar-refractivity contribution in [2.24, 2.45) is 47.3 Å². The van der Waals surface area contributed by atoms with E-state index in [-0.39, 0.29) is 0 Å². The summed E-state index contributed by atoms with van der Waals surface area (Å²) in [6, 6.07) is 22.2. The summed E-state index contributed by atoms with van der Waals surface area (Å²) in [4.78, 5) is 0. The molecule has 2 fully saturated rings. The monoisotopic (exact) mass is 460 g/mol. The Morgan fingerprint density at radius 2 is 1.03 bits per heavy atom. The van der Waals surface area contributed by atoms with Crippen LogP contribution >= 0.6 is 0 Å². The van der Waals surface area contributed by atoms with Crippen LogP contribution in [-0.2, 0) is 0 Å². The third kappa shape index (κ3) is 4.31. The molecule has 2 aromatic rings. The Hall–Kier alpha value is -2.60. The molecule has 2 saturated carbocycles. The van der Waals surface area contributed by atoms with Gasteiger partial charge >= 0.3 is 0 Å². The van der Waals surface area contributed by atoms with E-state index >= 15 is 0 Å². The Morgan fingerprint density at radius 3 is 1.46 bits per heavy atom. The van der Waals surface area contributed by atoms with Crippen LogP contribution in [0.15, 0.2) is 97.1 Å². The van der Waals surface area contributed by atoms with Crippen LogP contribution in [0.2, 0.25) is 0 Å². The second-order valence-electron chi connectivity index (χ2n) is 11.8. The lowest BCUT2D eigenvalue weighted by atomic mass is 9.75. The number of fused-ring (bicyclic) bond motifs is 2. The van der Waals surface area contributed by atoms with Gasteiger partial charge in [-0.1, -0.05) is 117 Å². The van der Waals surface area contributed by atoms with E-state index < -0.39 is 0 Å². The van der Waals surface area contributed by atoms with E-state index in [1.54, 1.807) is 11.1 Å². The highest BCUT2D eigenvalue weighted by molar-refractivity contribution is 5.72. The van der Waals surface area contributed by atoms with Crippen LogP contribution in [0.4, 0.5) is 0 Å². The number of benzene rings is 2. The lowest BCUT2D eigenvalue weighted by molar-refractivity contribution is 0.281. The Bertz CT molecular complexity index is 1040. The van der Waals surface area contributed by atoms with Gasteiger partial charge in [0.05, 0.1) is 0 Å². The SMILES string of the molecule is CC1C[C@H]2C(c3ccccc3)=CC=CC2C1CCCC1C(C)C[C@H]2C(c3ccccc3)=CC=CC12. The highest BCUT2D eigenvalue weighted by Crippen LogP contribution is 2.54. The van der Waals surface area contributed by atoms with E-state index in [1.807, 2.05) is 0 Å². The zero-order valence-electron chi connectivity index (χ0n) is 21.4. The molecule has 0 aromatic heterocycles. The lowest BCUT2D eigenvalue weighted by Crippen LogP contribution is -2.20. The molecule has 4 aliphatic carbocycles. The number of hydrogen-bond donors (Lipinski definition) is 0. The summed E-state index contributed by atoms with van der Waals surface area (Å²) >= 11 is 0. The minimum Gasteiger partial charge on any atom is -0.0805 e. The Morgan fingerprint density at radius 1 is 0.600 bits per heavy atom. The molecule has 2 aromatic carbocycles. The van der Waals surface area contributed by atoms with E-state index in [0.29, 0.717) is 11.8 Å². The summed E-state index contributed by atoms with van der Waals surface area (Å²) in [6.45, 7) is 5.04. The topological polar surface area (TPSA) is 0 Å². The fraction of sp³-hybridized carbons (Fsp3) is 0.429. The smallest absolute Gasteiger partial charge is 0.00876 e. The molecule has 6 rings (SSSR count). The van der Waals surface area contributed by atoms with Crippen molar-refractivity contribution in [3.63, 3.8) is 0 Å². The van der Waals surface area contributed by atoms with Gasteiger partial charge in [0.2, 0.25) is 0 Å². The predicted molar refractivity (Wildman–Crippen MR) is 149 cm³/mol. The Labute approximate surface area is 212 Å². The first-order valence-electron chi connectivity index (χ1n) is 14.1. The number of hydrogen-bond acceptors (Lipinski definition) is 0. The molecule has 0 heteroatoms. The molecule has 180 valence electrons. The van der Waals surface area contributed by atoms with Gasteiger partial charge in [-0.25, -0.2) is 0 Å². The number of rotatable bonds is 6. The van der Waals surface area contributed by atoms with Gasteiger partial charge in [-0.15, -0.1) is 0 Å². The molecule has 0 heterocycles. The van der Waals surface area contributed by atoms with Crippen molar-refractivity contribution in [3.8, 4) is 0 Å². The van der Waals surface area contributed by atoms with Gasteiger partial charge in [0.1, 0.15) is 0 Å². The van der Waals surface area contributed by atoms with Gasteiger partial charge in [0, 0.05) is 0 Å². The van der Waals surface area contributed by atoms with E-state index in [2.05, 4.69) is 111 Å². The quantitative estimate of drug-likeness (QED) is 0.403. The van der Waals surface area contributed by atoms with Gasteiger partial charge in [0.15, 0.2) is 0 Å². The molecule has 0 bridgehead atoms. The van der Waals surface area contributed by atoms with Crippen LogP contribution in [0.1, 0.15) is 57.1 Å². The van der Waals surface area contributed by atoms with Gasteiger partial charge in [-0.2, -0.15) is 0 Å². The van der Waals surface area contributed by atoms with Gasteiger partial charge in [-0.3, -0.25) is 0 Å². The lowest BCUT2D eigenvalue weighted by Gasteiger charge is -2.29. The molecule has 0 N–H and O–H groups in total. The zero-order valence-corrected chi connectivity index (χ0v) is 21.4. The predicted octanol–water partition coefficient (Wildman–Crippen LogP) is 9.24. The van der Waals surface area contributed by atoms with Crippen LogP contribution in [0.3, 0.4) is 0 Å². The van der Waals surface area contributed by atoms with Crippen LogP contribution < -0.4 is 0 Å². The molecule has 8 atom stereocenters. The first-order valence-corrected chi connectivity index (χ1v) is 14.1. The molecule has 35 heavy (non-hydrogen) atoms. The summed E-state index contributed by atoms with van der Waals surface area (Å²) in [5.74, 6) is 6.15. The molecule has 0 saturated heterocycles. The van der Waals surface area contributed by atoms with Crippen molar-refractivity contribution in [1.29, 1.82) is 0 Å². The van der Waals surface area contributed by atoms with Crippen molar-refractivity contribution >= 4 is 11.1 Å². The molecule has 0 nitrogen and oxygen atoms in total. The summed E-state index contributed by atoms with van der Waals surface area (Å²) in [7, 11) is 0. The first-order chi connectivity index (χ1) is 17.2. The third-order valence-electron chi connectivity index (χ3n) is 9.94. The average molecular weight is 461 g/mol. The van der Waals surface area contributed by atoms with E-state index in [4.69, 9.17) is 0 Å². The van der Waals surface area contributed by atoms with Crippen molar-refractivity contribution in [3.05, 3.63) is 108 Å². The van der Waals surface area contributed by atoms with E-state index in [0.717, 1.165) is 35.5 Å². The summed E-state index contributed by atoms with van der Waals surface area (Å²) in [5, 5.41) is 0. The van der Waals surface area contributed by atoms with Crippen molar-refractivity contribution in [2.45, 2.75) is 46.0 Å². The molecule has 0 amide bonds. The first kappa shape index (κ1) is 22.8. The molecular formula is C35H40. The standard InChI is InChI=1S/C35H40/c1-24-22-34-30(26-12-5-3-6-13-26)18-10-20-32(34)28(24)16-9-17-29-25(2)23-35-31(19-11-21-33(29)35)27-14-7-4-8-15-27/h3-8,10-15,18-21,24-25,28-29,32-35H,9,16-17,22-23H2,1-2H3/t24?,25?,28?,29?,32?,33?,34-,35-/m0/s1. The maximum Gasteiger partial charge on any atom is -0.00876 e. The van der Waals surface area contributed by atoms with E-state index in [1.165, 1.54) is 43.2 Å². The molecule has 0 spiro atoms. The van der Waals surface area contributed by atoms with Crippen LogP contribution in [0.25, 0.3) is 11.1 Å². The summed E-state index contributed by atoms with van der Waals surface area (Å²) < 4.78 is 0. The van der Waals surface area contributed by atoms with Gasteiger partial charge in [0.25, 0.3) is 0 Å². The minimum absolute atomic E-state index is 0.706. The van der Waals surface area contributed by atoms with Gasteiger partial charge < -0.3 is 0 Å². The second-order valence-corrected chi connectivity index (χ2v) is 11.8. The van der Waals surface area contributed by atoms with Crippen LogP contribution in [0.5, 0.6) is 0 Å². The van der Waals surface area contributed by atoms with Gasteiger partial charge in [-0.05, 0) is 95.3 Å². The fourth-order valence-electron chi connectivity index (χ4n) is 8.29. The Kier molecular flexibility index (Phi) is 6.40. The number of allylic oxidation sites excluding steroid dienone is 8. The van der Waals surface area contributed by atoms with Crippen LogP contribution in [-0.4, -0.2) is 0 Å². The Balaban J connectivity index is 1.10. The minimum atomic E-state index is 0.706. The van der Waals surface area contributed by atoms with Crippen molar-refractivity contribution < 1.29 is 0 Å². The fourth-order valence-corrected chi connectivity index (χ4v) is 8.29. The van der Waals surface area contributed by atoms with Crippen molar-refractivity contribution in [2.75, 3.05) is 0 Å². The molecule has 0 radical (unpaired) electrons. The zero-order chi connectivity index (χ0) is 23.8. The third-order valence-corrected chi connectivity index (χ3v) is 9.94. The molecular weight excluding hydrogens is 420 g/mol. The average Bonchev–Trinajstić information content (AvgIpc) is 3.40. The largest absolute Gasteiger partial charge is 0.0805 e. The normalized spacial score (nSPS) is 35.4. The maximum atomic E-state index is 2.54. The van der Waals surface area contributed by atoms with Crippen molar-refractivity contribution in [1.82, 2.24) is 0 Å². The van der Waals surface area contributed by atoms with Crippen LogP contribution in [0, 0.1) is 47.3 Å². The molecule has 4 aliphatic rings. The highest BCUT2D eigenvalue weighted by Gasteiger charge is 2.44. The molecule has 6 unspecified atom stereocenters. The second kappa shape index (κ2) is 9.81. The van der Waals surface area contributed by atoms with E-state index in [9.17, 15) is 0 Å². The summed E-state index contributed by atoms with van der Waals surface area (Å²) in [5.41, 5.74) is 6.01. The summed E-state index contributed by atoms with van der Waals surface area (Å²) in [6.07, 6.45) is 21.4. The molecule has 0 aliphatic heterocycles.